The maximum atomic E-state index is 13.0. The van der Waals surface area contributed by atoms with Crippen LogP contribution in [0.1, 0.15) is 11.3 Å². The van der Waals surface area contributed by atoms with Gasteiger partial charge in [-0.1, -0.05) is 30.3 Å². The van der Waals surface area contributed by atoms with Gasteiger partial charge in [0.2, 0.25) is 0 Å². The Morgan fingerprint density at radius 2 is 1.68 bits per heavy atom. The number of nitrogens with one attached hydrogen (secondary N) is 1. The van der Waals surface area contributed by atoms with Crippen LogP contribution in [0.4, 0.5) is 11.4 Å². The number of para-hydroxylation sites is 1. The Bertz CT molecular complexity index is 1150. The number of hydrogen-bond acceptors (Lipinski definition) is 5. The molecule has 140 valence electrons. The molecule has 2 heterocycles. The first kappa shape index (κ1) is 17.5. The molecule has 0 saturated heterocycles. The summed E-state index contributed by atoms with van der Waals surface area (Å²) in [5, 5.41) is 14.9. The fourth-order valence-electron chi connectivity index (χ4n) is 2.90. The second kappa shape index (κ2) is 7.36. The molecule has 4 aromatic rings. The van der Waals surface area contributed by atoms with Crippen LogP contribution in [-0.2, 0) is 7.05 Å². The molecule has 0 atom stereocenters. The zero-order chi connectivity index (χ0) is 19.5. The van der Waals surface area contributed by atoms with Crippen LogP contribution in [-0.4, -0.2) is 30.5 Å². The third-order valence-electron chi connectivity index (χ3n) is 4.48. The lowest BCUT2D eigenvalue weighted by Crippen LogP contribution is -2.20. The molecular formula is C20H19N7O. The highest BCUT2D eigenvalue weighted by Gasteiger charge is 2.16. The summed E-state index contributed by atoms with van der Waals surface area (Å²) in [6, 6.07) is 17.2. The van der Waals surface area contributed by atoms with Crippen molar-refractivity contribution in [3.05, 3.63) is 88.9 Å². The number of nitrogens with zero attached hydrogens (tertiary/aromatic N) is 6. The van der Waals surface area contributed by atoms with E-state index in [9.17, 15) is 4.79 Å². The Balaban J connectivity index is 1.59. The summed E-state index contributed by atoms with van der Waals surface area (Å²) in [6.07, 6.45) is 4.74. The number of hydrogen-bond donors (Lipinski definition) is 1. The molecule has 0 aliphatic rings. The molecule has 2 aromatic heterocycles. The Morgan fingerprint density at radius 3 is 2.36 bits per heavy atom. The predicted molar refractivity (Wildman–Crippen MR) is 108 cm³/mol. The van der Waals surface area contributed by atoms with Crippen molar-refractivity contribution in [1.29, 1.82) is 0 Å². The van der Waals surface area contributed by atoms with Crippen LogP contribution in [0.2, 0.25) is 0 Å². The number of benzene rings is 2. The molecule has 0 spiro atoms. The van der Waals surface area contributed by atoms with Gasteiger partial charge in [0.05, 0.1) is 17.6 Å². The Kier molecular flexibility index (Phi) is 4.59. The Hall–Kier alpha value is -3.94. The molecule has 4 rings (SSSR count). The van der Waals surface area contributed by atoms with Crippen LogP contribution in [0.25, 0.3) is 5.69 Å². The molecule has 0 radical (unpaired) electrons. The zero-order valence-electron chi connectivity index (χ0n) is 15.5. The Morgan fingerprint density at radius 1 is 1.00 bits per heavy atom. The summed E-state index contributed by atoms with van der Waals surface area (Å²) in [5.74, 6) is 0. The number of rotatable bonds is 5. The summed E-state index contributed by atoms with van der Waals surface area (Å²) in [4.78, 5) is 13.0. The highest BCUT2D eigenvalue weighted by molar-refractivity contribution is 5.80. The van der Waals surface area contributed by atoms with Gasteiger partial charge in [0, 0.05) is 12.7 Å². The van der Waals surface area contributed by atoms with Crippen molar-refractivity contribution in [1.82, 2.24) is 24.2 Å². The van der Waals surface area contributed by atoms with Gasteiger partial charge in [-0.2, -0.15) is 5.10 Å². The standard InChI is InChI=1S/C20H19N7O/c1-15-19(20(28)27(25(15)2)18-6-4-3-5-7-18)24-17-10-8-16(9-11-17)12-23-26-13-21-22-14-26/h3-14,24H,1-2H3/b23-12-. The van der Waals surface area contributed by atoms with Crippen molar-refractivity contribution in [2.24, 2.45) is 12.1 Å². The van der Waals surface area contributed by atoms with E-state index in [2.05, 4.69) is 20.6 Å². The fraction of sp³-hybridized carbons (Fsp3) is 0.100. The van der Waals surface area contributed by atoms with Gasteiger partial charge in [0.15, 0.2) is 0 Å². The summed E-state index contributed by atoms with van der Waals surface area (Å²) in [6.45, 7) is 1.92. The zero-order valence-corrected chi connectivity index (χ0v) is 15.5. The molecule has 1 N–H and O–H groups in total. The minimum atomic E-state index is -0.0931. The largest absolute Gasteiger partial charge is 0.349 e. The molecule has 0 amide bonds. The SMILES string of the molecule is Cc1c(Nc2ccc(/C=N\n3cnnc3)cc2)c(=O)n(-c2ccccc2)n1C. The molecule has 2 aromatic carbocycles. The second-order valence-electron chi connectivity index (χ2n) is 6.27. The number of aromatic nitrogens is 5. The van der Waals surface area contributed by atoms with Gasteiger partial charge in [-0.3, -0.25) is 9.48 Å². The van der Waals surface area contributed by atoms with E-state index >= 15 is 0 Å². The maximum Gasteiger partial charge on any atom is 0.295 e. The average Bonchev–Trinajstić information content (AvgIpc) is 3.31. The van der Waals surface area contributed by atoms with Gasteiger partial charge in [0.25, 0.3) is 5.56 Å². The first-order valence-corrected chi connectivity index (χ1v) is 8.73. The normalized spacial score (nSPS) is 11.2. The van der Waals surface area contributed by atoms with Crippen LogP contribution in [0.15, 0.2) is 77.1 Å². The van der Waals surface area contributed by atoms with Crippen LogP contribution in [0.5, 0.6) is 0 Å². The molecule has 0 aliphatic carbocycles. The highest BCUT2D eigenvalue weighted by atomic mass is 16.1. The van der Waals surface area contributed by atoms with E-state index in [1.54, 1.807) is 10.9 Å². The van der Waals surface area contributed by atoms with Crippen molar-refractivity contribution >= 4 is 17.6 Å². The van der Waals surface area contributed by atoms with Crippen LogP contribution in [0.3, 0.4) is 0 Å². The van der Waals surface area contributed by atoms with E-state index in [0.29, 0.717) is 5.69 Å². The quantitative estimate of drug-likeness (QED) is 0.545. The lowest BCUT2D eigenvalue weighted by atomic mass is 10.2. The second-order valence-corrected chi connectivity index (χ2v) is 6.27. The maximum absolute atomic E-state index is 13.0. The van der Waals surface area contributed by atoms with Gasteiger partial charge in [-0.25, -0.2) is 9.36 Å². The van der Waals surface area contributed by atoms with Crippen LogP contribution >= 0.6 is 0 Å². The molecule has 8 nitrogen and oxygen atoms in total. The molecule has 28 heavy (non-hydrogen) atoms. The first-order chi connectivity index (χ1) is 13.6. The lowest BCUT2D eigenvalue weighted by molar-refractivity contribution is 0.630. The third kappa shape index (κ3) is 3.35. The Labute approximate surface area is 161 Å². The fourth-order valence-corrected chi connectivity index (χ4v) is 2.90. The minimum absolute atomic E-state index is 0.0931. The minimum Gasteiger partial charge on any atom is -0.349 e. The lowest BCUT2D eigenvalue weighted by Gasteiger charge is -2.07. The van der Waals surface area contributed by atoms with Gasteiger partial charge in [-0.15, -0.1) is 10.2 Å². The van der Waals surface area contributed by atoms with E-state index < -0.39 is 0 Å². The smallest absolute Gasteiger partial charge is 0.295 e. The average molecular weight is 373 g/mol. The van der Waals surface area contributed by atoms with E-state index in [-0.39, 0.29) is 5.56 Å². The van der Waals surface area contributed by atoms with Gasteiger partial charge in [-0.05, 0) is 36.8 Å². The molecule has 0 saturated carbocycles. The van der Waals surface area contributed by atoms with Crippen molar-refractivity contribution < 1.29 is 0 Å². The highest BCUT2D eigenvalue weighted by Crippen LogP contribution is 2.19. The molecule has 0 bridgehead atoms. The summed E-state index contributed by atoms with van der Waals surface area (Å²) in [7, 11) is 1.87. The van der Waals surface area contributed by atoms with Crippen LogP contribution < -0.4 is 10.9 Å². The monoisotopic (exact) mass is 373 g/mol. The first-order valence-electron chi connectivity index (χ1n) is 8.73. The van der Waals surface area contributed by atoms with Gasteiger partial charge < -0.3 is 5.32 Å². The summed E-state index contributed by atoms with van der Waals surface area (Å²) < 4.78 is 5.02. The predicted octanol–water partition coefficient (Wildman–Crippen LogP) is 2.70. The van der Waals surface area contributed by atoms with E-state index in [1.807, 2.05) is 73.3 Å². The van der Waals surface area contributed by atoms with E-state index in [0.717, 1.165) is 22.6 Å². The molecule has 0 unspecified atom stereocenters. The number of anilines is 2. The van der Waals surface area contributed by atoms with Crippen molar-refractivity contribution in [3.63, 3.8) is 0 Å². The van der Waals surface area contributed by atoms with E-state index in [4.69, 9.17) is 0 Å². The van der Waals surface area contributed by atoms with E-state index in [1.165, 1.54) is 17.3 Å². The molecule has 0 aliphatic heterocycles. The van der Waals surface area contributed by atoms with Crippen LogP contribution in [0, 0.1) is 6.92 Å². The van der Waals surface area contributed by atoms with Gasteiger partial charge >= 0.3 is 0 Å². The molecular weight excluding hydrogens is 354 g/mol. The van der Waals surface area contributed by atoms with Crippen molar-refractivity contribution in [2.75, 3.05) is 5.32 Å². The third-order valence-corrected chi connectivity index (χ3v) is 4.48. The molecule has 0 fully saturated rings. The summed E-state index contributed by atoms with van der Waals surface area (Å²) in [5.41, 5.74) is 3.89. The van der Waals surface area contributed by atoms with Crippen molar-refractivity contribution in [3.8, 4) is 5.69 Å². The van der Waals surface area contributed by atoms with Gasteiger partial charge in [0.1, 0.15) is 18.3 Å². The topological polar surface area (TPSA) is 82.0 Å². The summed E-state index contributed by atoms with van der Waals surface area (Å²) >= 11 is 0. The van der Waals surface area contributed by atoms with Crippen molar-refractivity contribution in [2.45, 2.75) is 6.92 Å². The molecule has 8 heteroatoms.